The maximum absolute atomic E-state index is 9.49. The van der Waals surface area contributed by atoms with E-state index in [1.807, 2.05) is 30.4 Å². The van der Waals surface area contributed by atoms with Gasteiger partial charge >= 0.3 is 0 Å². The van der Waals surface area contributed by atoms with Gasteiger partial charge in [-0.1, -0.05) is 48.6 Å². The average Bonchev–Trinajstić information content (AvgIpc) is 3.03. The molecule has 250 valence electrons. The Hall–Kier alpha value is -3.93. The number of pyridine rings is 1. The highest BCUT2D eigenvalue weighted by molar-refractivity contribution is 5.72. The molecule has 0 aliphatic carbocycles. The summed E-state index contributed by atoms with van der Waals surface area (Å²) in [5.74, 6) is 1.30. The third-order valence-corrected chi connectivity index (χ3v) is 7.50. The van der Waals surface area contributed by atoms with Gasteiger partial charge in [-0.3, -0.25) is 0 Å². The number of aliphatic hydroxyl groups is 2. The van der Waals surface area contributed by atoms with E-state index in [0.717, 1.165) is 44.5 Å². The van der Waals surface area contributed by atoms with Crippen LogP contribution in [0.4, 0.5) is 0 Å². The average molecular weight is 635 g/mol. The Morgan fingerprint density at radius 1 is 0.870 bits per heavy atom. The van der Waals surface area contributed by atoms with Crippen LogP contribution in [0.2, 0.25) is 0 Å². The van der Waals surface area contributed by atoms with Crippen LogP contribution in [0.25, 0.3) is 11.1 Å². The van der Waals surface area contributed by atoms with E-state index < -0.39 is 12.2 Å². The lowest BCUT2D eigenvalue weighted by atomic mass is 9.92. The molecule has 0 fully saturated rings. The fourth-order valence-corrected chi connectivity index (χ4v) is 4.88. The molecule has 2 unspecified atom stereocenters. The number of rotatable bonds is 19. The van der Waals surface area contributed by atoms with Crippen LogP contribution in [0.15, 0.2) is 72.1 Å². The maximum Gasteiger partial charge on any atom is 0.220 e. The molecule has 0 bridgehead atoms. The zero-order valence-electron chi connectivity index (χ0n) is 27.9. The lowest BCUT2D eigenvalue weighted by Crippen LogP contribution is -2.27. The number of ether oxygens (including phenoxy) is 4. The number of aromatic nitrogens is 1. The van der Waals surface area contributed by atoms with E-state index in [4.69, 9.17) is 24.7 Å². The molecule has 3 aromatic rings. The summed E-state index contributed by atoms with van der Waals surface area (Å²) in [4.78, 5) is 4.53. The van der Waals surface area contributed by atoms with Gasteiger partial charge in [-0.25, -0.2) is 0 Å². The molecule has 1 aromatic heterocycles. The zero-order chi connectivity index (χ0) is 33.5. The number of hydrogen-bond donors (Lipinski definition) is 5. The molecule has 3 rings (SSSR count). The van der Waals surface area contributed by atoms with Crippen molar-refractivity contribution in [1.29, 1.82) is 0 Å². The van der Waals surface area contributed by atoms with Gasteiger partial charge < -0.3 is 45.5 Å². The number of aliphatic hydroxyl groups excluding tert-OH is 2. The number of nitrogens with two attached hydrogens (primary N) is 1. The SMILES string of the molecule is CO/C(N)=C(/C=C\COCc1cccc(-c2cccc(COc3ccc(CNCC(C)O)c(OC)n3)c2C)c1C)CNCC(C)O. The predicted molar refractivity (Wildman–Crippen MR) is 181 cm³/mol. The molecular formula is C36H50N4O6. The Morgan fingerprint density at radius 2 is 1.50 bits per heavy atom. The Labute approximate surface area is 273 Å². The molecule has 2 aromatic carbocycles. The molecule has 0 aliphatic heterocycles. The summed E-state index contributed by atoms with van der Waals surface area (Å²) < 4.78 is 22.8. The van der Waals surface area contributed by atoms with Crippen LogP contribution in [0, 0.1) is 13.8 Å². The Balaban J connectivity index is 1.64. The van der Waals surface area contributed by atoms with Crippen LogP contribution in [0.1, 0.15) is 41.7 Å². The Kier molecular flexibility index (Phi) is 15.0. The second-order valence-electron chi connectivity index (χ2n) is 11.3. The van der Waals surface area contributed by atoms with Crippen molar-refractivity contribution in [3.05, 3.63) is 100.0 Å². The predicted octanol–water partition coefficient (Wildman–Crippen LogP) is 4.28. The molecule has 0 saturated carbocycles. The van der Waals surface area contributed by atoms with Crippen LogP contribution >= 0.6 is 0 Å². The molecule has 0 spiro atoms. The van der Waals surface area contributed by atoms with Gasteiger partial charge in [-0.15, -0.1) is 0 Å². The first-order chi connectivity index (χ1) is 22.1. The van der Waals surface area contributed by atoms with E-state index in [0.29, 0.717) is 63.6 Å². The smallest absolute Gasteiger partial charge is 0.220 e. The maximum atomic E-state index is 9.49. The summed E-state index contributed by atoms with van der Waals surface area (Å²) in [6, 6.07) is 16.3. The highest BCUT2D eigenvalue weighted by atomic mass is 16.5. The van der Waals surface area contributed by atoms with Crippen molar-refractivity contribution in [2.24, 2.45) is 5.73 Å². The van der Waals surface area contributed by atoms with Crippen molar-refractivity contribution in [1.82, 2.24) is 15.6 Å². The van der Waals surface area contributed by atoms with E-state index in [1.54, 1.807) is 21.0 Å². The van der Waals surface area contributed by atoms with Crippen LogP contribution in [-0.4, -0.2) is 67.9 Å². The molecule has 2 atom stereocenters. The van der Waals surface area contributed by atoms with Gasteiger partial charge in [0, 0.05) is 43.4 Å². The number of nitrogens with zero attached hydrogens (tertiary/aromatic N) is 1. The van der Waals surface area contributed by atoms with Crippen LogP contribution in [-0.2, 0) is 29.2 Å². The quantitative estimate of drug-likeness (QED) is 0.0737. The van der Waals surface area contributed by atoms with E-state index in [9.17, 15) is 10.2 Å². The highest BCUT2D eigenvalue weighted by Crippen LogP contribution is 2.31. The Bertz CT molecular complexity index is 1450. The third kappa shape index (κ3) is 11.1. The van der Waals surface area contributed by atoms with Crippen LogP contribution in [0.3, 0.4) is 0 Å². The van der Waals surface area contributed by atoms with Crippen LogP contribution < -0.4 is 25.8 Å². The van der Waals surface area contributed by atoms with Gasteiger partial charge in [-0.2, -0.15) is 4.98 Å². The van der Waals surface area contributed by atoms with Gasteiger partial charge in [0.1, 0.15) is 6.61 Å². The first-order valence-corrected chi connectivity index (χ1v) is 15.5. The second kappa shape index (κ2) is 18.9. The summed E-state index contributed by atoms with van der Waals surface area (Å²) in [6.45, 7) is 10.9. The topological polar surface area (TPSA) is 140 Å². The molecule has 0 radical (unpaired) electrons. The lowest BCUT2D eigenvalue weighted by Gasteiger charge is -2.17. The fraction of sp³-hybridized carbons (Fsp3) is 0.417. The van der Waals surface area contributed by atoms with Crippen molar-refractivity contribution in [2.75, 3.05) is 40.5 Å². The van der Waals surface area contributed by atoms with E-state index in [-0.39, 0.29) is 0 Å². The molecule has 6 N–H and O–H groups in total. The standard InChI is InChI=1S/C36H50N4O6/c1-24(41)18-38-20-28(35(37)43-5)12-9-17-45-22-30-10-7-13-32(26(30)3)33-14-8-11-31(27(33)4)23-46-34-16-15-29(36(40-34)44-6)21-39-19-25(2)42/h7-16,24-25,38-39,41-42H,17-23,37H2,1-6H3/b12-9-,35-28-. The van der Waals surface area contributed by atoms with Crippen molar-refractivity contribution >= 4 is 0 Å². The minimum absolute atomic E-state index is 0.326. The van der Waals surface area contributed by atoms with E-state index >= 15 is 0 Å². The number of benzene rings is 2. The van der Waals surface area contributed by atoms with Gasteiger partial charge in [0.05, 0.1) is 39.6 Å². The fourth-order valence-electron chi connectivity index (χ4n) is 4.88. The normalized spacial score (nSPS) is 13.4. The van der Waals surface area contributed by atoms with Gasteiger partial charge in [-0.05, 0) is 67.1 Å². The number of hydrogen-bond acceptors (Lipinski definition) is 10. The Morgan fingerprint density at radius 3 is 2.11 bits per heavy atom. The van der Waals surface area contributed by atoms with Crippen molar-refractivity contribution < 1.29 is 29.2 Å². The number of methoxy groups -OCH3 is 2. The largest absolute Gasteiger partial charge is 0.482 e. The van der Waals surface area contributed by atoms with Gasteiger partial charge in [0.2, 0.25) is 11.8 Å². The van der Waals surface area contributed by atoms with Crippen molar-refractivity contribution in [2.45, 2.75) is 59.7 Å². The zero-order valence-corrected chi connectivity index (χ0v) is 27.9. The molecule has 46 heavy (non-hydrogen) atoms. The molecule has 1 heterocycles. The van der Waals surface area contributed by atoms with Crippen LogP contribution in [0.5, 0.6) is 11.8 Å². The molecule has 0 aliphatic rings. The minimum atomic E-state index is -0.447. The molecular weight excluding hydrogens is 584 g/mol. The van der Waals surface area contributed by atoms with Crippen molar-refractivity contribution in [3.8, 4) is 22.9 Å². The van der Waals surface area contributed by atoms with Gasteiger partial charge in [0.25, 0.3) is 0 Å². The molecule has 10 nitrogen and oxygen atoms in total. The molecule has 10 heteroatoms. The molecule has 0 saturated heterocycles. The first kappa shape index (κ1) is 36.5. The second-order valence-corrected chi connectivity index (χ2v) is 11.3. The summed E-state index contributed by atoms with van der Waals surface area (Å²) in [6.07, 6.45) is 2.91. The minimum Gasteiger partial charge on any atom is -0.482 e. The van der Waals surface area contributed by atoms with E-state index in [2.05, 4.69) is 59.8 Å². The third-order valence-electron chi connectivity index (χ3n) is 7.50. The molecule has 0 amide bonds. The summed E-state index contributed by atoms with van der Waals surface area (Å²) in [7, 11) is 3.12. The lowest BCUT2D eigenvalue weighted by molar-refractivity contribution is 0.148. The summed E-state index contributed by atoms with van der Waals surface area (Å²) in [5, 5.41) is 25.3. The monoisotopic (exact) mass is 634 g/mol. The van der Waals surface area contributed by atoms with E-state index in [1.165, 1.54) is 7.11 Å². The highest BCUT2D eigenvalue weighted by Gasteiger charge is 2.13. The summed E-state index contributed by atoms with van der Waals surface area (Å²) in [5.41, 5.74) is 14.4. The van der Waals surface area contributed by atoms with Gasteiger partial charge in [0.15, 0.2) is 5.88 Å². The first-order valence-electron chi connectivity index (χ1n) is 15.5. The van der Waals surface area contributed by atoms with Crippen molar-refractivity contribution in [3.63, 3.8) is 0 Å². The number of nitrogens with one attached hydrogen (secondary N) is 2. The summed E-state index contributed by atoms with van der Waals surface area (Å²) >= 11 is 0.